The smallest absolute Gasteiger partial charge is 0.357 e. The first kappa shape index (κ1) is 15.9. The Labute approximate surface area is 122 Å². The third kappa shape index (κ3) is 2.94. The highest BCUT2D eigenvalue weighted by molar-refractivity contribution is 7.89. The van der Waals surface area contributed by atoms with Crippen molar-refractivity contribution < 1.29 is 23.4 Å². The van der Waals surface area contributed by atoms with Crippen LogP contribution in [0.1, 0.15) is 41.9 Å². The number of nitrogens with zero attached hydrogens (tertiary/aromatic N) is 2. The highest BCUT2D eigenvalue weighted by Gasteiger charge is 2.37. The van der Waals surface area contributed by atoms with E-state index in [0.29, 0.717) is 12.8 Å². The van der Waals surface area contributed by atoms with Gasteiger partial charge in [0.05, 0.1) is 12.3 Å². The molecule has 8 nitrogen and oxygen atoms in total. The summed E-state index contributed by atoms with van der Waals surface area (Å²) in [6.07, 6.45) is 2.98. The number of sulfonamides is 1. The topological polar surface area (TPSA) is 124 Å². The fourth-order valence-corrected chi connectivity index (χ4v) is 4.62. The Morgan fingerprint density at radius 1 is 1.43 bits per heavy atom. The number of aromatic amines is 1. The number of aromatic carboxylic acids is 1. The van der Waals surface area contributed by atoms with Crippen LogP contribution in [0.15, 0.2) is 4.90 Å². The minimum Gasteiger partial charge on any atom is -0.476 e. The second kappa shape index (κ2) is 6.12. The molecule has 1 aliphatic heterocycles. The van der Waals surface area contributed by atoms with Crippen LogP contribution in [0.4, 0.5) is 0 Å². The number of aliphatic hydroxyl groups is 1. The van der Waals surface area contributed by atoms with E-state index < -0.39 is 27.7 Å². The van der Waals surface area contributed by atoms with E-state index in [1.165, 1.54) is 11.2 Å². The van der Waals surface area contributed by atoms with Crippen molar-refractivity contribution in [2.75, 3.05) is 13.2 Å². The number of aromatic nitrogens is 2. The first-order valence-electron chi connectivity index (χ1n) is 6.80. The number of carboxylic acids is 1. The molecule has 0 radical (unpaired) electrons. The first-order chi connectivity index (χ1) is 9.89. The van der Waals surface area contributed by atoms with Crippen molar-refractivity contribution >= 4 is 16.0 Å². The largest absolute Gasteiger partial charge is 0.476 e. The Balaban J connectivity index is 2.50. The molecule has 1 aromatic rings. The molecule has 1 aliphatic rings. The molecule has 2 rings (SSSR count). The third-order valence-electron chi connectivity index (χ3n) is 3.69. The lowest BCUT2D eigenvalue weighted by Crippen LogP contribution is -2.42. The van der Waals surface area contributed by atoms with Crippen molar-refractivity contribution in [2.24, 2.45) is 0 Å². The van der Waals surface area contributed by atoms with E-state index >= 15 is 0 Å². The van der Waals surface area contributed by atoms with Gasteiger partial charge < -0.3 is 10.2 Å². The number of H-pyrrole nitrogens is 1. The predicted molar refractivity (Wildman–Crippen MR) is 73.5 cm³/mol. The second-order valence-electron chi connectivity index (χ2n) is 5.13. The maximum absolute atomic E-state index is 12.8. The molecule has 0 aromatic carbocycles. The van der Waals surface area contributed by atoms with E-state index in [9.17, 15) is 18.3 Å². The molecule has 1 saturated heterocycles. The van der Waals surface area contributed by atoms with Crippen LogP contribution in [0.25, 0.3) is 0 Å². The van der Waals surface area contributed by atoms with Crippen molar-refractivity contribution in [2.45, 2.75) is 43.5 Å². The average molecular weight is 317 g/mol. The highest BCUT2D eigenvalue weighted by Crippen LogP contribution is 2.27. The molecule has 0 saturated carbocycles. The zero-order valence-electron chi connectivity index (χ0n) is 11.7. The number of aryl methyl sites for hydroxylation is 1. The lowest BCUT2D eigenvalue weighted by molar-refractivity contribution is 0.0686. The van der Waals surface area contributed by atoms with Gasteiger partial charge in [0.1, 0.15) is 4.90 Å². The Bertz CT molecular complexity index is 625. The van der Waals surface area contributed by atoms with E-state index in [0.717, 1.165) is 12.8 Å². The van der Waals surface area contributed by atoms with Gasteiger partial charge in [-0.3, -0.25) is 5.10 Å². The Morgan fingerprint density at radius 3 is 2.76 bits per heavy atom. The van der Waals surface area contributed by atoms with Crippen LogP contribution >= 0.6 is 0 Å². The summed E-state index contributed by atoms with van der Waals surface area (Å²) in [6.45, 7) is 1.47. The molecule has 0 bridgehead atoms. The zero-order chi connectivity index (χ0) is 15.6. The van der Waals surface area contributed by atoms with Crippen LogP contribution in [-0.2, 0) is 10.0 Å². The van der Waals surface area contributed by atoms with E-state index in [1.807, 2.05) is 0 Å². The third-order valence-corrected chi connectivity index (χ3v) is 5.81. The van der Waals surface area contributed by atoms with Crippen LogP contribution in [0.3, 0.4) is 0 Å². The minimum atomic E-state index is -4.01. The average Bonchev–Trinajstić information content (AvgIpc) is 2.68. The fraction of sp³-hybridized carbons (Fsp3) is 0.667. The Morgan fingerprint density at radius 2 is 2.14 bits per heavy atom. The number of rotatable bonds is 4. The number of nitrogens with one attached hydrogen (secondary N) is 1. The second-order valence-corrected chi connectivity index (χ2v) is 6.96. The van der Waals surface area contributed by atoms with Gasteiger partial charge in [-0.25, -0.2) is 13.2 Å². The summed E-state index contributed by atoms with van der Waals surface area (Å²) in [7, 11) is -4.01. The molecule has 1 atom stereocenters. The summed E-state index contributed by atoms with van der Waals surface area (Å²) in [5, 5.41) is 24.5. The van der Waals surface area contributed by atoms with Crippen molar-refractivity contribution in [3.05, 3.63) is 11.4 Å². The molecule has 0 spiro atoms. The molecule has 3 N–H and O–H groups in total. The SMILES string of the molecule is Cc1[nH]nc(C(=O)O)c1S(=O)(=O)N1CCCCCC1CO. The Kier molecular flexibility index (Phi) is 4.64. The van der Waals surface area contributed by atoms with Gasteiger partial charge in [-0.1, -0.05) is 12.8 Å². The van der Waals surface area contributed by atoms with Crippen molar-refractivity contribution in [3.8, 4) is 0 Å². The molecule has 0 amide bonds. The van der Waals surface area contributed by atoms with E-state index in [4.69, 9.17) is 5.11 Å². The van der Waals surface area contributed by atoms with Gasteiger partial charge in [0.25, 0.3) is 0 Å². The van der Waals surface area contributed by atoms with Gasteiger partial charge in [-0.15, -0.1) is 0 Å². The van der Waals surface area contributed by atoms with Gasteiger partial charge in [-0.05, 0) is 19.8 Å². The summed E-state index contributed by atoms with van der Waals surface area (Å²) in [4.78, 5) is 10.9. The van der Waals surface area contributed by atoms with E-state index in [1.54, 1.807) is 0 Å². The van der Waals surface area contributed by atoms with Gasteiger partial charge in [0.15, 0.2) is 5.69 Å². The van der Waals surface area contributed by atoms with Crippen molar-refractivity contribution in [3.63, 3.8) is 0 Å². The highest BCUT2D eigenvalue weighted by atomic mass is 32.2. The molecular formula is C12H19N3O5S. The number of carbonyl (C=O) groups is 1. The number of hydrogen-bond donors (Lipinski definition) is 3. The molecule has 1 fully saturated rings. The molecule has 1 unspecified atom stereocenters. The monoisotopic (exact) mass is 317 g/mol. The van der Waals surface area contributed by atoms with E-state index in [2.05, 4.69) is 10.2 Å². The summed E-state index contributed by atoms with van der Waals surface area (Å²) in [6, 6.07) is -0.520. The normalized spacial score (nSPS) is 21.1. The molecule has 9 heteroatoms. The molecule has 1 aromatic heterocycles. The number of carboxylic acid groups (broad SMARTS) is 1. The van der Waals surface area contributed by atoms with Crippen LogP contribution in [0.2, 0.25) is 0 Å². The first-order valence-corrected chi connectivity index (χ1v) is 8.24. The van der Waals surface area contributed by atoms with Crippen LogP contribution in [0, 0.1) is 6.92 Å². The lowest BCUT2D eigenvalue weighted by Gasteiger charge is -2.27. The van der Waals surface area contributed by atoms with Crippen LogP contribution < -0.4 is 0 Å². The van der Waals surface area contributed by atoms with Gasteiger partial charge in [0, 0.05) is 12.6 Å². The maximum atomic E-state index is 12.8. The molecule has 2 heterocycles. The molecule has 118 valence electrons. The predicted octanol–water partition coefficient (Wildman–Crippen LogP) is 0.342. The number of hydrogen-bond acceptors (Lipinski definition) is 5. The Hall–Kier alpha value is -1.45. The van der Waals surface area contributed by atoms with E-state index in [-0.39, 0.29) is 23.7 Å². The molecule has 0 aliphatic carbocycles. The maximum Gasteiger partial charge on any atom is 0.357 e. The molecular weight excluding hydrogens is 298 g/mol. The quantitative estimate of drug-likeness (QED) is 0.736. The standard InChI is InChI=1S/C12H19N3O5S/c1-8-11(10(12(17)18)14-13-8)21(19,20)15-6-4-2-3-5-9(15)7-16/h9,16H,2-7H2,1H3,(H,13,14)(H,17,18). The van der Waals surface area contributed by atoms with Crippen molar-refractivity contribution in [1.82, 2.24) is 14.5 Å². The van der Waals surface area contributed by atoms with Crippen LogP contribution in [-0.4, -0.2) is 58.3 Å². The summed E-state index contributed by atoms with van der Waals surface area (Å²) in [5.41, 5.74) is -0.318. The number of aliphatic hydroxyl groups excluding tert-OH is 1. The molecule has 21 heavy (non-hydrogen) atoms. The zero-order valence-corrected chi connectivity index (χ0v) is 12.6. The van der Waals surface area contributed by atoms with Crippen molar-refractivity contribution in [1.29, 1.82) is 0 Å². The van der Waals surface area contributed by atoms with Gasteiger partial charge in [-0.2, -0.15) is 9.40 Å². The summed E-state index contributed by atoms with van der Waals surface area (Å²) in [5.74, 6) is -1.40. The lowest BCUT2D eigenvalue weighted by atomic mass is 10.1. The van der Waals surface area contributed by atoms with Gasteiger partial charge in [0.2, 0.25) is 10.0 Å². The van der Waals surface area contributed by atoms with Gasteiger partial charge >= 0.3 is 5.97 Å². The van der Waals surface area contributed by atoms with Crippen LogP contribution in [0.5, 0.6) is 0 Å². The summed E-state index contributed by atoms with van der Waals surface area (Å²) >= 11 is 0. The summed E-state index contributed by atoms with van der Waals surface area (Å²) < 4.78 is 26.8. The fourth-order valence-electron chi connectivity index (χ4n) is 2.65. The minimum absolute atomic E-state index is 0.188.